The van der Waals surface area contributed by atoms with E-state index in [1.54, 1.807) is 24.3 Å². The highest BCUT2D eigenvalue weighted by Crippen LogP contribution is 2.31. The Labute approximate surface area is 137 Å². The molecule has 0 saturated heterocycles. The summed E-state index contributed by atoms with van der Waals surface area (Å²) in [5.74, 6) is 0.740. The van der Waals surface area contributed by atoms with Gasteiger partial charge in [0, 0.05) is 20.6 Å². The van der Waals surface area contributed by atoms with Crippen molar-refractivity contribution in [3.8, 4) is 11.5 Å². The molecule has 2 aromatic rings. The molecule has 0 aromatic heterocycles. The molecule has 2 aromatic carbocycles. The van der Waals surface area contributed by atoms with E-state index in [1.807, 2.05) is 0 Å². The molecule has 0 aliphatic carbocycles. The first-order valence-electron chi connectivity index (χ1n) is 5.80. The van der Waals surface area contributed by atoms with Crippen molar-refractivity contribution in [2.45, 2.75) is 6.92 Å². The third-order valence-corrected chi connectivity index (χ3v) is 3.74. The molecule has 0 bridgehead atoms. The first-order valence-corrected chi connectivity index (χ1v) is 7.39. The van der Waals surface area contributed by atoms with E-state index in [0.29, 0.717) is 26.0 Å². The minimum Gasteiger partial charge on any atom is -0.457 e. The largest absolute Gasteiger partial charge is 0.457 e. The molecule has 0 atom stereocenters. The lowest BCUT2D eigenvalue weighted by molar-refractivity contribution is -0.385. The number of carbonyl (C=O) groups is 1. The summed E-state index contributed by atoms with van der Waals surface area (Å²) in [6.07, 6.45) is 0. The number of rotatable bonds is 4. The normalized spacial score (nSPS) is 10.2. The SMILES string of the molecule is CC(=O)c1ccc(Oc2cc(Br)cc([N+](=O)[O-])c2)cc1Br. The average molecular weight is 415 g/mol. The number of Topliss-reactive ketones (excluding diaryl/α,β-unsaturated/α-hetero) is 1. The third kappa shape index (κ3) is 3.89. The van der Waals surface area contributed by atoms with Crippen LogP contribution in [-0.2, 0) is 0 Å². The highest BCUT2D eigenvalue weighted by atomic mass is 79.9. The Morgan fingerprint density at radius 1 is 1.14 bits per heavy atom. The second-order valence-corrected chi connectivity index (χ2v) is 5.97. The Balaban J connectivity index is 2.32. The van der Waals surface area contributed by atoms with Crippen LogP contribution in [-0.4, -0.2) is 10.7 Å². The number of benzene rings is 2. The highest BCUT2D eigenvalue weighted by Gasteiger charge is 2.11. The molecule has 108 valence electrons. The first kappa shape index (κ1) is 15.7. The minimum atomic E-state index is -0.494. The fourth-order valence-electron chi connectivity index (χ4n) is 1.69. The van der Waals surface area contributed by atoms with Gasteiger partial charge < -0.3 is 4.74 Å². The number of halogens is 2. The Kier molecular flexibility index (Phi) is 4.74. The van der Waals surface area contributed by atoms with Crippen molar-refractivity contribution in [2.24, 2.45) is 0 Å². The lowest BCUT2D eigenvalue weighted by atomic mass is 10.1. The Morgan fingerprint density at radius 3 is 2.43 bits per heavy atom. The van der Waals surface area contributed by atoms with Gasteiger partial charge >= 0.3 is 0 Å². The molecule has 7 heteroatoms. The van der Waals surface area contributed by atoms with E-state index in [9.17, 15) is 14.9 Å². The standard InChI is InChI=1S/C14H9Br2NO4/c1-8(18)13-3-2-11(7-14(13)16)21-12-5-9(15)4-10(6-12)17(19)20/h2-7H,1H3. The minimum absolute atomic E-state index is 0.0634. The second kappa shape index (κ2) is 6.36. The number of non-ortho nitro benzene ring substituents is 1. The molecule has 0 fully saturated rings. The molecule has 5 nitrogen and oxygen atoms in total. The van der Waals surface area contributed by atoms with Crippen molar-refractivity contribution < 1.29 is 14.5 Å². The van der Waals surface area contributed by atoms with Gasteiger partial charge in [0.15, 0.2) is 5.78 Å². The quantitative estimate of drug-likeness (QED) is 0.395. The van der Waals surface area contributed by atoms with Crippen LogP contribution in [0, 0.1) is 10.1 Å². The van der Waals surface area contributed by atoms with Gasteiger partial charge in [0.25, 0.3) is 5.69 Å². The van der Waals surface area contributed by atoms with Crippen LogP contribution in [0.25, 0.3) is 0 Å². The summed E-state index contributed by atoms with van der Waals surface area (Å²) in [6, 6.07) is 9.25. The zero-order chi connectivity index (χ0) is 15.6. The van der Waals surface area contributed by atoms with E-state index in [2.05, 4.69) is 31.9 Å². The molecule has 0 heterocycles. The van der Waals surface area contributed by atoms with Crippen molar-refractivity contribution in [2.75, 3.05) is 0 Å². The fraction of sp³-hybridized carbons (Fsp3) is 0.0714. The lowest BCUT2D eigenvalue weighted by Gasteiger charge is -2.08. The highest BCUT2D eigenvalue weighted by molar-refractivity contribution is 9.10. The van der Waals surface area contributed by atoms with Crippen molar-refractivity contribution in [1.29, 1.82) is 0 Å². The van der Waals surface area contributed by atoms with Crippen LogP contribution in [0.2, 0.25) is 0 Å². The van der Waals surface area contributed by atoms with Gasteiger partial charge in [-0.2, -0.15) is 0 Å². The number of ether oxygens (including phenoxy) is 1. The smallest absolute Gasteiger partial charge is 0.274 e. The first-order chi connectivity index (χ1) is 9.86. The van der Waals surface area contributed by atoms with Crippen LogP contribution >= 0.6 is 31.9 Å². The molecule has 0 aliphatic heterocycles. The predicted molar refractivity (Wildman–Crippen MR) is 85.0 cm³/mol. The zero-order valence-electron chi connectivity index (χ0n) is 10.8. The van der Waals surface area contributed by atoms with Crippen molar-refractivity contribution in [1.82, 2.24) is 0 Å². The van der Waals surface area contributed by atoms with E-state index in [0.717, 1.165) is 0 Å². The number of nitro benzene ring substituents is 1. The van der Waals surface area contributed by atoms with Crippen molar-refractivity contribution in [3.63, 3.8) is 0 Å². The molecular formula is C14H9Br2NO4. The van der Waals surface area contributed by atoms with Crippen molar-refractivity contribution in [3.05, 3.63) is 61.0 Å². The summed E-state index contributed by atoms with van der Waals surface area (Å²) in [7, 11) is 0. The summed E-state index contributed by atoms with van der Waals surface area (Å²) in [6.45, 7) is 1.47. The Hall–Kier alpha value is -1.73. The van der Waals surface area contributed by atoms with Gasteiger partial charge in [-0.3, -0.25) is 14.9 Å². The number of nitrogens with zero attached hydrogens (tertiary/aromatic N) is 1. The van der Waals surface area contributed by atoms with Crippen LogP contribution in [0.1, 0.15) is 17.3 Å². The zero-order valence-corrected chi connectivity index (χ0v) is 14.0. The number of nitro groups is 1. The Bertz CT molecular complexity index is 731. The number of ketones is 1. The Morgan fingerprint density at radius 2 is 1.86 bits per heavy atom. The molecule has 0 amide bonds. The summed E-state index contributed by atoms with van der Waals surface area (Å²) in [5, 5.41) is 10.8. The van der Waals surface area contributed by atoms with Crippen LogP contribution in [0.5, 0.6) is 11.5 Å². The topological polar surface area (TPSA) is 69.4 Å². The maximum absolute atomic E-state index is 11.3. The predicted octanol–water partition coefficient (Wildman–Crippen LogP) is 5.11. The fourth-order valence-corrected chi connectivity index (χ4v) is 2.79. The maximum atomic E-state index is 11.3. The van der Waals surface area contributed by atoms with Gasteiger partial charge in [0.05, 0.1) is 11.0 Å². The van der Waals surface area contributed by atoms with Gasteiger partial charge in [-0.05, 0) is 47.1 Å². The lowest BCUT2D eigenvalue weighted by Crippen LogP contribution is -1.94. The molecule has 0 radical (unpaired) electrons. The van der Waals surface area contributed by atoms with Gasteiger partial charge in [0.1, 0.15) is 11.5 Å². The summed E-state index contributed by atoms with van der Waals surface area (Å²) in [5.41, 5.74) is 0.473. The summed E-state index contributed by atoms with van der Waals surface area (Å²) < 4.78 is 6.75. The van der Waals surface area contributed by atoms with Crippen LogP contribution in [0.15, 0.2) is 45.3 Å². The third-order valence-electron chi connectivity index (χ3n) is 2.62. The van der Waals surface area contributed by atoms with Gasteiger partial charge in [-0.15, -0.1) is 0 Å². The van der Waals surface area contributed by atoms with E-state index in [1.165, 1.54) is 19.1 Å². The molecule has 0 spiro atoms. The molecule has 21 heavy (non-hydrogen) atoms. The number of carbonyl (C=O) groups excluding carboxylic acids is 1. The van der Waals surface area contributed by atoms with Gasteiger partial charge in [0.2, 0.25) is 0 Å². The van der Waals surface area contributed by atoms with Crippen molar-refractivity contribution >= 4 is 43.3 Å². The average Bonchev–Trinajstić information content (AvgIpc) is 2.37. The molecule has 0 aliphatic rings. The molecule has 0 unspecified atom stereocenters. The molecule has 0 saturated carbocycles. The maximum Gasteiger partial charge on any atom is 0.274 e. The number of hydrogen-bond acceptors (Lipinski definition) is 4. The van der Waals surface area contributed by atoms with Gasteiger partial charge in [-0.1, -0.05) is 15.9 Å². The summed E-state index contributed by atoms with van der Waals surface area (Å²) >= 11 is 6.50. The summed E-state index contributed by atoms with van der Waals surface area (Å²) in [4.78, 5) is 21.7. The van der Waals surface area contributed by atoms with Gasteiger partial charge in [-0.25, -0.2) is 0 Å². The van der Waals surface area contributed by atoms with E-state index in [-0.39, 0.29) is 11.5 Å². The van der Waals surface area contributed by atoms with Crippen LogP contribution in [0.3, 0.4) is 0 Å². The monoisotopic (exact) mass is 413 g/mol. The molecule has 2 rings (SSSR count). The second-order valence-electron chi connectivity index (χ2n) is 4.20. The molecular weight excluding hydrogens is 406 g/mol. The number of hydrogen-bond donors (Lipinski definition) is 0. The molecule has 0 N–H and O–H groups in total. The van der Waals surface area contributed by atoms with E-state index < -0.39 is 4.92 Å². The van der Waals surface area contributed by atoms with E-state index in [4.69, 9.17) is 4.74 Å². The van der Waals surface area contributed by atoms with Crippen LogP contribution in [0.4, 0.5) is 5.69 Å². The van der Waals surface area contributed by atoms with Crippen LogP contribution < -0.4 is 4.74 Å². The van der Waals surface area contributed by atoms with E-state index >= 15 is 0 Å².